The molecule has 20 heavy (non-hydrogen) atoms. The lowest BCUT2D eigenvalue weighted by Crippen LogP contribution is -2.34. The first-order valence-electron chi connectivity index (χ1n) is 6.42. The van der Waals surface area contributed by atoms with Crippen LogP contribution in [-0.4, -0.2) is 30.0 Å². The summed E-state index contributed by atoms with van der Waals surface area (Å²) >= 11 is 5.87. The van der Waals surface area contributed by atoms with Gasteiger partial charge < -0.3 is 15.2 Å². The molecule has 0 aliphatic rings. The molecule has 2 unspecified atom stereocenters. The minimum Gasteiger partial charge on any atom is -0.494 e. The molecule has 0 aromatic heterocycles. The number of hydrogen-bond donors (Lipinski definition) is 2. The molecule has 2 N–H and O–H groups in total. The molecule has 4 nitrogen and oxygen atoms in total. The molecule has 0 spiro atoms. The van der Waals surface area contributed by atoms with Crippen molar-refractivity contribution in [1.29, 1.82) is 0 Å². The fourth-order valence-corrected chi connectivity index (χ4v) is 1.99. The molecule has 1 aromatic carbocycles. The number of ether oxygens (including phenoxy) is 1. The molecule has 1 amide bonds. The molecular weight excluding hydrogens is 285 g/mol. The molecule has 1 aromatic rings. The fraction of sp³-hybridized carbons (Fsp3) is 0.500. The Hall–Kier alpha value is -1.33. The number of amides is 1. The predicted octanol–water partition coefficient (Wildman–Crippen LogP) is 2.39. The van der Waals surface area contributed by atoms with E-state index in [1.807, 2.05) is 6.92 Å². The first-order chi connectivity index (χ1) is 9.49. The van der Waals surface area contributed by atoms with Gasteiger partial charge in [0.05, 0.1) is 13.2 Å². The highest BCUT2D eigenvalue weighted by molar-refractivity contribution is 6.30. The summed E-state index contributed by atoms with van der Waals surface area (Å²) in [5, 5.41) is 11.9. The summed E-state index contributed by atoms with van der Waals surface area (Å²) < 4.78 is 18.1. The van der Waals surface area contributed by atoms with Gasteiger partial charge in [0, 0.05) is 6.54 Å². The van der Waals surface area contributed by atoms with Crippen LogP contribution < -0.4 is 10.1 Å². The first kappa shape index (κ1) is 16.7. The van der Waals surface area contributed by atoms with Crippen LogP contribution in [-0.2, 0) is 4.79 Å². The molecule has 0 radical (unpaired) electrons. The van der Waals surface area contributed by atoms with Crippen molar-refractivity contribution in [1.82, 2.24) is 5.32 Å². The second kappa shape index (κ2) is 8.07. The molecule has 1 rings (SSSR count). The van der Waals surface area contributed by atoms with Crippen LogP contribution in [0.15, 0.2) is 18.2 Å². The van der Waals surface area contributed by atoms with Crippen molar-refractivity contribution in [3.63, 3.8) is 0 Å². The Morgan fingerprint density at radius 2 is 2.25 bits per heavy atom. The Bertz CT molecular complexity index is 456. The highest BCUT2D eigenvalue weighted by Gasteiger charge is 2.16. The molecule has 0 fully saturated rings. The van der Waals surface area contributed by atoms with Crippen molar-refractivity contribution in [3.05, 3.63) is 29.6 Å². The normalized spacial score (nSPS) is 13.7. The van der Waals surface area contributed by atoms with E-state index in [0.717, 1.165) is 6.42 Å². The van der Waals surface area contributed by atoms with Crippen LogP contribution in [0.1, 0.15) is 31.4 Å². The van der Waals surface area contributed by atoms with Gasteiger partial charge in [-0.3, -0.25) is 4.79 Å². The summed E-state index contributed by atoms with van der Waals surface area (Å²) in [5.41, 5.74) is 0.463. The lowest BCUT2D eigenvalue weighted by atomic mass is 10.1. The molecule has 0 bridgehead atoms. The van der Waals surface area contributed by atoms with Crippen LogP contribution >= 0.6 is 11.6 Å². The third-order valence-electron chi connectivity index (χ3n) is 2.86. The zero-order valence-corrected chi connectivity index (χ0v) is 12.3. The summed E-state index contributed by atoms with van der Waals surface area (Å²) in [6.07, 6.45) is 0.437. The topological polar surface area (TPSA) is 58.6 Å². The molecule has 0 aliphatic heterocycles. The molecule has 2 atom stereocenters. The number of rotatable bonds is 7. The number of benzene rings is 1. The third kappa shape index (κ3) is 4.65. The van der Waals surface area contributed by atoms with Gasteiger partial charge in [0.1, 0.15) is 5.38 Å². The minimum atomic E-state index is -0.945. The van der Waals surface area contributed by atoms with E-state index in [9.17, 15) is 14.3 Å². The van der Waals surface area contributed by atoms with E-state index in [2.05, 4.69) is 5.32 Å². The monoisotopic (exact) mass is 303 g/mol. The fourth-order valence-electron chi connectivity index (χ4n) is 1.69. The van der Waals surface area contributed by atoms with E-state index in [1.165, 1.54) is 25.3 Å². The second-order valence-electron chi connectivity index (χ2n) is 4.41. The summed E-state index contributed by atoms with van der Waals surface area (Å²) in [7, 11) is 1.35. The van der Waals surface area contributed by atoms with E-state index < -0.39 is 17.3 Å². The van der Waals surface area contributed by atoms with Crippen molar-refractivity contribution in [3.8, 4) is 5.75 Å². The van der Waals surface area contributed by atoms with E-state index in [-0.39, 0.29) is 18.2 Å². The van der Waals surface area contributed by atoms with Gasteiger partial charge in [-0.25, -0.2) is 4.39 Å². The number of alkyl halides is 1. The van der Waals surface area contributed by atoms with Gasteiger partial charge in [0.15, 0.2) is 11.6 Å². The number of halogens is 2. The van der Waals surface area contributed by atoms with E-state index in [4.69, 9.17) is 16.3 Å². The average molecular weight is 304 g/mol. The summed E-state index contributed by atoms with van der Waals surface area (Å²) in [4.78, 5) is 11.6. The van der Waals surface area contributed by atoms with Crippen molar-refractivity contribution in [2.75, 3.05) is 13.7 Å². The van der Waals surface area contributed by atoms with Crippen molar-refractivity contribution in [2.24, 2.45) is 0 Å². The van der Waals surface area contributed by atoms with Crippen molar-refractivity contribution >= 4 is 17.5 Å². The molecule has 0 saturated carbocycles. The highest BCUT2D eigenvalue weighted by atomic mass is 35.5. The third-order valence-corrected chi connectivity index (χ3v) is 3.27. The Balaban J connectivity index is 2.58. The van der Waals surface area contributed by atoms with Crippen LogP contribution in [0, 0.1) is 5.82 Å². The first-order valence-corrected chi connectivity index (χ1v) is 6.86. The predicted molar refractivity (Wildman–Crippen MR) is 75.5 cm³/mol. The van der Waals surface area contributed by atoms with Crippen LogP contribution in [0.3, 0.4) is 0 Å². The van der Waals surface area contributed by atoms with E-state index >= 15 is 0 Å². The van der Waals surface area contributed by atoms with Crippen LogP contribution in [0.2, 0.25) is 0 Å². The number of aliphatic hydroxyl groups is 1. The van der Waals surface area contributed by atoms with Gasteiger partial charge in [-0.1, -0.05) is 19.4 Å². The molecule has 112 valence electrons. The SMILES string of the molecule is CCCC(Cl)C(=O)NCC(O)c1ccc(F)c(OC)c1. The number of carbonyl (C=O) groups excluding carboxylic acids is 1. The lowest BCUT2D eigenvalue weighted by molar-refractivity contribution is -0.121. The average Bonchev–Trinajstić information content (AvgIpc) is 2.45. The Labute approximate surface area is 122 Å². The Kier molecular flexibility index (Phi) is 6.75. The lowest BCUT2D eigenvalue weighted by Gasteiger charge is -2.15. The number of aliphatic hydroxyl groups excluding tert-OH is 1. The highest BCUT2D eigenvalue weighted by Crippen LogP contribution is 2.22. The number of nitrogens with one attached hydrogen (secondary N) is 1. The second-order valence-corrected chi connectivity index (χ2v) is 4.94. The zero-order chi connectivity index (χ0) is 15.1. The maximum Gasteiger partial charge on any atom is 0.238 e. The largest absolute Gasteiger partial charge is 0.494 e. The summed E-state index contributed by atoms with van der Waals surface area (Å²) in [6, 6.07) is 4.05. The molecule has 0 aliphatic carbocycles. The van der Waals surface area contributed by atoms with Gasteiger partial charge >= 0.3 is 0 Å². The van der Waals surface area contributed by atoms with Crippen LogP contribution in [0.4, 0.5) is 4.39 Å². The van der Waals surface area contributed by atoms with Gasteiger partial charge in [-0.15, -0.1) is 11.6 Å². The number of methoxy groups -OCH3 is 1. The molecule has 6 heteroatoms. The molecular formula is C14H19ClFNO3. The Morgan fingerprint density at radius 3 is 2.85 bits per heavy atom. The van der Waals surface area contributed by atoms with Gasteiger partial charge in [-0.2, -0.15) is 0 Å². The van der Waals surface area contributed by atoms with Crippen molar-refractivity contribution < 1.29 is 19.0 Å². The smallest absolute Gasteiger partial charge is 0.238 e. The van der Waals surface area contributed by atoms with E-state index in [1.54, 1.807) is 0 Å². The Morgan fingerprint density at radius 1 is 1.55 bits per heavy atom. The molecule has 0 saturated heterocycles. The van der Waals surface area contributed by atoms with Crippen LogP contribution in [0.5, 0.6) is 5.75 Å². The molecule has 0 heterocycles. The van der Waals surface area contributed by atoms with Crippen molar-refractivity contribution in [2.45, 2.75) is 31.2 Å². The summed E-state index contributed by atoms with van der Waals surface area (Å²) in [6.45, 7) is 1.95. The minimum absolute atomic E-state index is 0.0144. The zero-order valence-electron chi connectivity index (χ0n) is 11.5. The van der Waals surface area contributed by atoms with Gasteiger partial charge in [0.2, 0.25) is 5.91 Å². The van der Waals surface area contributed by atoms with Gasteiger partial charge in [-0.05, 0) is 24.1 Å². The maximum atomic E-state index is 13.2. The van der Waals surface area contributed by atoms with Gasteiger partial charge in [0.25, 0.3) is 0 Å². The summed E-state index contributed by atoms with van der Waals surface area (Å²) in [5.74, 6) is -0.771. The quantitative estimate of drug-likeness (QED) is 0.760. The van der Waals surface area contributed by atoms with E-state index in [0.29, 0.717) is 12.0 Å². The standard InChI is InChI=1S/C14H19ClFNO3/c1-3-4-10(15)14(19)17-8-12(18)9-5-6-11(16)13(7-9)20-2/h5-7,10,12,18H,3-4,8H2,1-2H3,(H,17,19). The maximum absolute atomic E-state index is 13.2. The number of hydrogen-bond acceptors (Lipinski definition) is 3. The number of carbonyl (C=O) groups is 1. The van der Waals surface area contributed by atoms with Crippen LogP contribution in [0.25, 0.3) is 0 Å².